The molecule has 3 nitrogen and oxygen atoms in total. The van der Waals surface area contributed by atoms with Gasteiger partial charge in [-0.3, -0.25) is 0 Å². The van der Waals surface area contributed by atoms with E-state index in [2.05, 4.69) is 25.7 Å². The summed E-state index contributed by atoms with van der Waals surface area (Å²) in [6.45, 7) is 9.32. The first kappa shape index (κ1) is 8.97. The van der Waals surface area contributed by atoms with Crippen molar-refractivity contribution in [2.24, 2.45) is 0 Å². The molecule has 11 heavy (non-hydrogen) atoms. The average molecular weight is 158 g/mol. The predicted octanol–water partition coefficient (Wildman–Crippen LogP) is 0.790. The third-order valence-electron chi connectivity index (χ3n) is 2.40. The van der Waals surface area contributed by atoms with Gasteiger partial charge in [-0.2, -0.15) is 5.06 Å². The van der Waals surface area contributed by atoms with Gasteiger partial charge in [0.1, 0.15) is 0 Å². The highest BCUT2D eigenvalue weighted by molar-refractivity contribution is 4.78. The number of rotatable bonds is 1. The molecule has 0 radical (unpaired) electrons. The van der Waals surface area contributed by atoms with Gasteiger partial charge in [-0.1, -0.05) is 6.92 Å². The fraction of sp³-hybridized carbons (Fsp3) is 1.00. The molecule has 3 heteroatoms. The quantitative estimate of drug-likeness (QED) is 0.611. The smallest absolute Gasteiger partial charge is 0.0452 e. The normalized spacial score (nSPS) is 36.0. The fourth-order valence-corrected chi connectivity index (χ4v) is 1.68. The Morgan fingerprint density at radius 2 is 1.73 bits per heavy atom. The molecule has 0 aromatic rings. The third-order valence-corrected chi connectivity index (χ3v) is 2.40. The van der Waals surface area contributed by atoms with Crippen LogP contribution in [0.15, 0.2) is 0 Å². The topological polar surface area (TPSA) is 26.7 Å². The van der Waals surface area contributed by atoms with Gasteiger partial charge in [0, 0.05) is 25.2 Å². The second-order valence-corrected chi connectivity index (χ2v) is 3.43. The first-order valence-corrected chi connectivity index (χ1v) is 4.34. The number of hydrogen-bond donors (Lipinski definition) is 1. The maximum atomic E-state index is 9.47. The van der Waals surface area contributed by atoms with Crippen LogP contribution in [0.2, 0.25) is 0 Å². The monoisotopic (exact) mass is 158 g/mol. The molecular formula is C8H18N2O. The van der Waals surface area contributed by atoms with E-state index in [1.54, 1.807) is 0 Å². The minimum atomic E-state index is 0.277. The highest BCUT2D eigenvalue weighted by atomic mass is 16.5. The van der Waals surface area contributed by atoms with Crippen LogP contribution in [-0.4, -0.2) is 46.9 Å². The number of piperazine rings is 1. The largest absolute Gasteiger partial charge is 0.313 e. The van der Waals surface area contributed by atoms with Gasteiger partial charge >= 0.3 is 0 Å². The van der Waals surface area contributed by atoms with Gasteiger partial charge in [-0.25, -0.2) is 0 Å². The van der Waals surface area contributed by atoms with Gasteiger partial charge in [0.15, 0.2) is 0 Å². The van der Waals surface area contributed by atoms with Crippen LogP contribution in [-0.2, 0) is 0 Å². The van der Waals surface area contributed by atoms with Crippen LogP contribution in [0.1, 0.15) is 20.8 Å². The summed E-state index contributed by atoms with van der Waals surface area (Å²) in [5, 5.41) is 10.9. The van der Waals surface area contributed by atoms with Gasteiger partial charge in [-0.05, 0) is 20.4 Å². The molecular weight excluding hydrogens is 140 g/mol. The van der Waals surface area contributed by atoms with E-state index >= 15 is 0 Å². The van der Waals surface area contributed by atoms with Gasteiger partial charge in [0.25, 0.3) is 0 Å². The van der Waals surface area contributed by atoms with Crippen molar-refractivity contribution in [2.45, 2.75) is 32.9 Å². The number of likely N-dealkylation sites (N-methyl/N-ethyl adjacent to an activating group) is 1. The standard InChI is InChI=1S/C8H18N2O/c1-4-9-5-7(2)10(11)8(3)6-9/h7-8,11H,4-6H2,1-3H3/t7-,8+. The van der Waals surface area contributed by atoms with Crippen LogP contribution in [0.5, 0.6) is 0 Å². The Morgan fingerprint density at radius 3 is 2.09 bits per heavy atom. The van der Waals surface area contributed by atoms with E-state index in [0.717, 1.165) is 19.6 Å². The van der Waals surface area contributed by atoms with E-state index in [-0.39, 0.29) is 12.1 Å². The van der Waals surface area contributed by atoms with Gasteiger partial charge in [0.05, 0.1) is 0 Å². The second-order valence-electron chi connectivity index (χ2n) is 3.43. The van der Waals surface area contributed by atoms with Crippen LogP contribution < -0.4 is 0 Å². The molecule has 0 spiro atoms. The molecule has 0 aliphatic carbocycles. The molecule has 0 bridgehead atoms. The molecule has 66 valence electrons. The van der Waals surface area contributed by atoms with Crippen molar-refractivity contribution in [1.29, 1.82) is 0 Å². The molecule has 1 N–H and O–H groups in total. The maximum Gasteiger partial charge on any atom is 0.0452 e. The summed E-state index contributed by atoms with van der Waals surface area (Å²) < 4.78 is 0. The first-order valence-electron chi connectivity index (χ1n) is 4.34. The molecule has 0 amide bonds. The molecule has 1 heterocycles. The Hall–Kier alpha value is -0.120. The van der Waals surface area contributed by atoms with E-state index < -0.39 is 0 Å². The van der Waals surface area contributed by atoms with Crippen molar-refractivity contribution in [3.8, 4) is 0 Å². The van der Waals surface area contributed by atoms with E-state index in [0.29, 0.717) is 0 Å². The van der Waals surface area contributed by atoms with E-state index in [9.17, 15) is 5.21 Å². The summed E-state index contributed by atoms with van der Waals surface area (Å²) in [4.78, 5) is 2.36. The Bertz CT molecular complexity index is 117. The van der Waals surface area contributed by atoms with Crippen molar-refractivity contribution in [3.63, 3.8) is 0 Å². The summed E-state index contributed by atoms with van der Waals surface area (Å²) >= 11 is 0. The molecule has 0 aromatic heterocycles. The van der Waals surface area contributed by atoms with Crippen molar-refractivity contribution in [2.75, 3.05) is 19.6 Å². The zero-order chi connectivity index (χ0) is 8.43. The second kappa shape index (κ2) is 3.52. The molecule has 0 unspecified atom stereocenters. The molecule has 1 aliphatic heterocycles. The van der Waals surface area contributed by atoms with Gasteiger partial charge in [-0.15, -0.1) is 0 Å². The van der Waals surface area contributed by atoms with E-state index in [4.69, 9.17) is 0 Å². The van der Waals surface area contributed by atoms with Crippen molar-refractivity contribution in [3.05, 3.63) is 0 Å². The highest BCUT2D eigenvalue weighted by Crippen LogP contribution is 2.11. The lowest BCUT2D eigenvalue weighted by Gasteiger charge is -2.40. The minimum Gasteiger partial charge on any atom is -0.313 e. The number of hydroxylamine groups is 2. The molecule has 2 atom stereocenters. The summed E-state index contributed by atoms with van der Waals surface area (Å²) in [5.41, 5.74) is 0. The van der Waals surface area contributed by atoms with E-state index in [1.807, 2.05) is 0 Å². The fourth-order valence-electron chi connectivity index (χ4n) is 1.68. The number of nitrogens with zero attached hydrogens (tertiary/aromatic N) is 2. The number of hydrogen-bond acceptors (Lipinski definition) is 3. The van der Waals surface area contributed by atoms with E-state index in [1.165, 1.54) is 5.06 Å². The first-order chi connectivity index (χ1) is 5.15. The van der Waals surface area contributed by atoms with Crippen LogP contribution in [0.25, 0.3) is 0 Å². The maximum absolute atomic E-state index is 9.47. The molecule has 0 saturated carbocycles. The highest BCUT2D eigenvalue weighted by Gasteiger charge is 2.26. The summed E-state index contributed by atoms with van der Waals surface area (Å²) in [5.74, 6) is 0. The Balaban J connectivity index is 2.47. The van der Waals surface area contributed by atoms with Crippen molar-refractivity contribution >= 4 is 0 Å². The van der Waals surface area contributed by atoms with Crippen LogP contribution in [0.4, 0.5) is 0 Å². The third kappa shape index (κ3) is 1.92. The lowest BCUT2D eigenvalue weighted by molar-refractivity contribution is -0.180. The Morgan fingerprint density at radius 1 is 1.27 bits per heavy atom. The van der Waals surface area contributed by atoms with Crippen molar-refractivity contribution < 1.29 is 5.21 Å². The Labute approximate surface area is 68.6 Å². The lowest BCUT2D eigenvalue weighted by Crippen LogP contribution is -2.54. The van der Waals surface area contributed by atoms with Gasteiger partial charge < -0.3 is 10.1 Å². The van der Waals surface area contributed by atoms with Crippen molar-refractivity contribution in [1.82, 2.24) is 9.96 Å². The minimum absolute atomic E-state index is 0.277. The summed E-state index contributed by atoms with van der Waals surface area (Å²) in [6, 6.07) is 0.553. The SMILES string of the molecule is CCN1C[C@@H](C)N(O)[C@@H](C)C1. The summed E-state index contributed by atoms with van der Waals surface area (Å²) in [6.07, 6.45) is 0. The molecule has 1 aliphatic rings. The lowest BCUT2D eigenvalue weighted by atomic mass is 10.1. The zero-order valence-electron chi connectivity index (χ0n) is 7.62. The summed E-state index contributed by atoms with van der Waals surface area (Å²) in [7, 11) is 0. The molecule has 1 fully saturated rings. The zero-order valence-corrected chi connectivity index (χ0v) is 7.62. The van der Waals surface area contributed by atoms with Crippen LogP contribution in [0.3, 0.4) is 0 Å². The van der Waals surface area contributed by atoms with Crippen LogP contribution >= 0.6 is 0 Å². The average Bonchev–Trinajstić information content (AvgIpc) is 1.99. The molecule has 1 saturated heterocycles. The van der Waals surface area contributed by atoms with Gasteiger partial charge in [0.2, 0.25) is 0 Å². The van der Waals surface area contributed by atoms with Crippen LogP contribution in [0, 0.1) is 0 Å². The Kier molecular flexibility index (Phi) is 2.87. The predicted molar refractivity (Wildman–Crippen MR) is 44.7 cm³/mol. The molecule has 1 rings (SSSR count). The molecule has 0 aromatic carbocycles.